The predicted molar refractivity (Wildman–Crippen MR) is 94.3 cm³/mol. The topological polar surface area (TPSA) is 77.9 Å². The average Bonchev–Trinajstić information content (AvgIpc) is 2.61. The summed E-state index contributed by atoms with van der Waals surface area (Å²) in [7, 11) is 0. The van der Waals surface area contributed by atoms with Crippen LogP contribution in [0.15, 0.2) is 18.2 Å². The lowest BCUT2D eigenvalue weighted by Crippen LogP contribution is -2.36. The molecule has 0 fully saturated rings. The van der Waals surface area contributed by atoms with Crippen molar-refractivity contribution in [3.8, 4) is 0 Å². The van der Waals surface area contributed by atoms with Crippen LogP contribution in [0.25, 0.3) is 0 Å². The Morgan fingerprint density at radius 2 is 1.84 bits per heavy atom. The Kier molecular flexibility index (Phi) is 6.56. The van der Waals surface area contributed by atoms with E-state index >= 15 is 0 Å². The van der Waals surface area contributed by atoms with Gasteiger partial charge in [-0.05, 0) is 49.9 Å². The second kappa shape index (κ2) is 8.65. The third-order valence-corrected chi connectivity index (χ3v) is 4.72. The first-order valence-electron chi connectivity index (χ1n) is 8.86. The molecule has 2 rings (SSSR count). The number of hydrogen-bond acceptors (Lipinski definition) is 3. The van der Waals surface area contributed by atoms with Crippen molar-refractivity contribution in [2.24, 2.45) is 0 Å². The van der Waals surface area contributed by atoms with Crippen LogP contribution in [0.2, 0.25) is 0 Å². The zero-order chi connectivity index (χ0) is 18.4. The van der Waals surface area contributed by atoms with E-state index in [9.17, 15) is 14.4 Å². The van der Waals surface area contributed by atoms with Crippen LogP contribution in [0, 0.1) is 0 Å². The Hall–Kier alpha value is -2.37. The Bertz CT molecular complexity index is 653. The van der Waals surface area contributed by atoms with Crippen LogP contribution in [0.3, 0.4) is 0 Å². The molecule has 0 spiro atoms. The number of amides is 2. The standard InChI is InChI=1S/C19H26N2O4/c1-3-20(4-2)17(22)6-5-7-18(23)21-11-10-14-8-9-15(19(24)25)12-16(14)13-21/h8-9,12H,3-7,10-11,13H2,1-2H3,(H,24,25). The number of carbonyl (C=O) groups excluding carboxylic acids is 2. The number of fused-ring (bicyclic) bond motifs is 1. The maximum absolute atomic E-state index is 12.4. The number of carboxylic acids is 1. The highest BCUT2D eigenvalue weighted by Gasteiger charge is 2.22. The largest absolute Gasteiger partial charge is 0.478 e. The molecular weight excluding hydrogens is 320 g/mol. The van der Waals surface area contributed by atoms with Gasteiger partial charge < -0.3 is 14.9 Å². The van der Waals surface area contributed by atoms with Crippen LogP contribution in [0.1, 0.15) is 54.6 Å². The zero-order valence-electron chi connectivity index (χ0n) is 15.0. The minimum absolute atomic E-state index is 0.0266. The number of nitrogens with zero attached hydrogens (tertiary/aromatic N) is 2. The molecule has 2 amide bonds. The summed E-state index contributed by atoms with van der Waals surface area (Å²) in [6.07, 6.45) is 2.02. The number of carboxylic acid groups (broad SMARTS) is 1. The monoisotopic (exact) mass is 346 g/mol. The summed E-state index contributed by atoms with van der Waals surface area (Å²) in [5, 5.41) is 9.10. The fourth-order valence-electron chi connectivity index (χ4n) is 3.19. The first-order valence-corrected chi connectivity index (χ1v) is 8.86. The predicted octanol–water partition coefficient (Wildman–Crippen LogP) is 2.31. The van der Waals surface area contributed by atoms with E-state index in [2.05, 4.69) is 0 Å². The van der Waals surface area contributed by atoms with Crippen LogP contribution in [0.5, 0.6) is 0 Å². The molecular formula is C19H26N2O4. The van der Waals surface area contributed by atoms with E-state index in [4.69, 9.17) is 5.11 Å². The molecule has 0 saturated heterocycles. The van der Waals surface area contributed by atoms with Crippen molar-refractivity contribution in [3.63, 3.8) is 0 Å². The smallest absolute Gasteiger partial charge is 0.335 e. The fourth-order valence-corrected chi connectivity index (χ4v) is 3.19. The van der Waals surface area contributed by atoms with Gasteiger partial charge in [-0.25, -0.2) is 4.79 Å². The molecule has 0 radical (unpaired) electrons. The van der Waals surface area contributed by atoms with E-state index in [0.29, 0.717) is 45.4 Å². The first kappa shape index (κ1) is 19.0. The second-order valence-electron chi connectivity index (χ2n) is 6.27. The number of aromatic carboxylic acids is 1. The Labute approximate surface area is 148 Å². The molecule has 1 N–H and O–H groups in total. The molecule has 1 heterocycles. The first-order chi connectivity index (χ1) is 12.0. The Morgan fingerprint density at radius 1 is 1.12 bits per heavy atom. The molecule has 25 heavy (non-hydrogen) atoms. The van der Waals surface area contributed by atoms with Gasteiger partial charge in [0, 0.05) is 39.0 Å². The summed E-state index contributed by atoms with van der Waals surface area (Å²) in [5.74, 6) is -0.840. The summed E-state index contributed by atoms with van der Waals surface area (Å²) in [6, 6.07) is 5.10. The number of benzene rings is 1. The molecule has 0 bridgehead atoms. The van der Waals surface area contributed by atoms with Gasteiger partial charge in [0.15, 0.2) is 0 Å². The summed E-state index contributed by atoms with van der Waals surface area (Å²) in [6.45, 7) is 6.37. The molecule has 136 valence electrons. The SMILES string of the molecule is CCN(CC)C(=O)CCCC(=O)N1CCc2ccc(C(=O)O)cc2C1. The van der Waals surface area contributed by atoms with Gasteiger partial charge in [-0.3, -0.25) is 9.59 Å². The van der Waals surface area contributed by atoms with Crippen molar-refractivity contribution in [2.75, 3.05) is 19.6 Å². The number of hydrogen-bond donors (Lipinski definition) is 1. The lowest BCUT2D eigenvalue weighted by Gasteiger charge is -2.29. The van der Waals surface area contributed by atoms with E-state index < -0.39 is 5.97 Å². The Morgan fingerprint density at radius 3 is 2.48 bits per heavy atom. The van der Waals surface area contributed by atoms with Crippen molar-refractivity contribution in [2.45, 2.75) is 46.1 Å². The minimum Gasteiger partial charge on any atom is -0.478 e. The maximum Gasteiger partial charge on any atom is 0.335 e. The molecule has 0 atom stereocenters. The van der Waals surface area contributed by atoms with E-state index in [1.165, 1.54) is 0 Å². The third kappa shape index (κ3) is 4.81. The highest BCUT2D eigenvalue weighted by atomic mass is 16.4. The van der Waals surface area contributed by atoms with Crippen LogP contribution >= 0.6 is 0 Å². The molecule has 0 aromatic heterocycles. The Balaban J connectivity index is 1.88. The lowest BCUT2D eigenvalue weighted by atomic mass is 9.97. The normalized spacial score (nSPS) is 13.3. The average molecular weight is 346 g/mol. The third-order valence-electron chi connectivity index (χ3n) is 4.72. The number of rotatable bonds is 7. The van der Waals surface area contributed by atoms with Crippen molar-refractivity contribution in [1.29, 1.82) is 0 Å². The van der Waals surface area contributed by atoms with Crippen LogP contribution in [-0.2, 0) is 22.6 Å². The van der Waals surface area contributed by atoms with Crippen molar-refractivity contribution in [1.82, 2.24) is 9.80 Å². The van der Waals surface area contributed by atoms with Gasteiger partial charge in [0.05, 0.1) is 5.56 Å². The maximum atomic E-state index is 12.4. The van der Waals surface area contributed by atoms with Gasteiger partial charge in [0.2, 0.25) is 11.8 Å². The highest BCUT2D eigenvalue weighted by molar-refractivity contribution is 5.88. The lowest BCUT2D eigenvalue weighted by molar-refractivity contribution is -0.133. The van der Waals surface area contributed by atoms with Crippen molar-refractivity contribution >= 4 is 17.8 Å². The molecule has 0 unspecified atom stereocenters. The summed E-state index contributed by atoms with van der Waals surface area (Å²) >= 11 is 0. The molecule has 1 aromatic carbocycles. The van der Waals surface area contributed by atoms with Gasteiger partial charge in [-0.15, -0.1) is 0 Å². The van der Waals surface area contributed by atoms with Gasteiger partial charge in [-0.2, -0.15) is 0 Å². The number of carbonyl (C=O) groups is 3. The van der Waals surface area contributed by atoms with E-state index in [-0.39, 0.29) is 17.4 Å². The molecule has 0 aliphatic carbocycles. The summed E-state index contributed by atoms with van der Waals surface area (Å²) in [5.41, 5.74) is 2.25. The molecule has 1 aliphatic rings. The van der Waals surface area contributed by atoms with Crippen molar-refractivity contribution < 1.29 is 19.5 Å². The molecule has 1 aliphatic heterocycles. The molecule has 0 saturated carbocycles. The molecule has 6 heteroatoms. The van der Waals surface area contributed by atoms with Crippen LogP contribution < -0.4 is 0 Å². The highest BCUT2D eigenvalue weighted by Crippen LogP contribution is 2.21. The zero-order valence-corrected chi connectivity index (χ0v) is 15.0. The van der Waals surface area contributed by atoms with Gasteiger partial charge in [0.1, 0.15) is 0 Å². The van der Waals surface area contributed by atoms with Gasteiger partial charge in [-0.1, -0.05) is 6.07 Å². The fraction of sp³-hybridized carbons (Fsp3) is 0.526. The van der Waals surface area contributed by atoms with Crippen molar-refractivity contribution in [3.05, 3.63) is 34.9 Å². The van der Waals surface area contributed by atoms with E-state index in [1.807, 2.05) is 19.9 Å². The van der Waals surface area contributed by atoms with E-state index in [0.717, 1.165) is 17.5 Å². The van der Waals surface area contributed by atoms with Gasteiger partial charge >= 0.3 is 5.97 Å². The minimum atomic E-state index is -0.957. The molecule has 6 nitrogen and oxygen atoms in total. The quantitative estimate of drug-likeness (QED) is 0.822. The van der Waals surface area contributed by atoms with E-state index in [1.54, 1.807) is 21.9 Å². The van der Waals surface area contributed by atoms with Gasteiger partial charge in [0.25, 0.3) is 0 Å². The summed E-state index contributed by atoms with van der Waals surface area (Å²) in [4.78, 5) is 39.0. The van der Waals surface area contributed by atoms with Crippen LogP contribution in [0.4, 0.5) is 0 Å². The second-order valence-corrected chi connectivity index (χ2v) is 6.27. The summed E-state index contributed by atoms with van der Waals surface area (Å²) < 4.78 is 0. The van der Waals surface area contributed by atoms with Crippen LogP contribution in [-0.4, -0.2) is 52.3 Å². The molecule has 1 aromatic rings.